The summed E-state index contributed by atoms with van der Waals surface area (Å²) in [4.78, 5) is 19.0. The fourth-order valence-electron chi connectivity index (χ4n) is 3.67. The highest BCUT2D eigenvalue weighted by Crippen LogP contribution is 2.26. The van der Waals surface area contributed by atoms with Crippen molar-refractivity contribution in [2.75, 3.05) is 30.4 Å². The summed E-state index contributed by atoms with van der Waals surface area (Å²) in [6.07, 6.45) is 2.53. The summed E-state index contributed by atoms with van der Waals surface area (Å²) < 4.78 is 18.2. The number of halogens is 1. The lowest BCUT2D eigenvalue weighted by molar-refractivity contribution is 0.102. The highest BCUT2D eigenvalue weighted by molar-refractivity contribution is 6.04. The zero-order valence-corrected chi connectivity index (χ0v) is 17.7. The molecule has 3 N–H and O–H groups in total. The van der Waals surface area contributed by atoms with Crippen LogP contribution in [-0.4, -0.2) is 42.2 Å². The summed E-state index contributed by atoms with van der Waals surface area (Å²) in [5.74, 6) is 0.768. The molecule has 4 rings (SSSR count). The molecule has 32 heavy (non-hydrogen) atoms. The number of phenolic OH excluding ortho intramolecular Hbond substituents is 1. The SMILES string of the molecule is COc1cc(CNC2CCN(c3ccc(C(=O)Nc4ccc(F)cc4)cn3)C2)ccc1O. The lowest BCUT2D eigenvalue weighted by atomic mass is 10.2. The fraction of sp³-hybridized carbons (Fsp3) is 0.250. The van der Waals surface area contributed by atoms with E-state index in [1.165, 1.54) is 31.4 Å². The second kappa shape index (κ2) is 9.65. The maximum atomic E-state index is 13.0. The number of benzene rings is 2. The number of carbonyl (C=O) groups excluding carboxylic acids is 1. The van der Waals surface area contributed by atoms with Gasteiger partial charge in [-0.25, -0.2) is 9.37 Å². The van der Waals surface area contributed by atoms with Gasteiger partial charge < -0.3 is 25.4 Å². The highest BCUT2D eigenvalue weighted by atomic mass is 19.1. The van der Waals surface area contributed by atoms with E-state index in [0.29, 0.717) is 29.6 Å². The second-order valence-electron chi connectivity index (χ2n) is 7.68. The molecular formula is C24H25FN4O3. The minimum Gasteiger partial charge on any atom is -0.504 e. The van der Waals surface area contributed by atoms with Crippen molar-refractivity contribution in [3.8, 4) is 11.5 Å². The van der Waals surface area contributed by atoms with Gasteiger partial charge in [0.25, 0.3) is 5.91 Å². The van der Waals surface area contributed by atoms with Crippen LogP contribution in [0.2, 0.25) is 0 Å². The highest BCUT2D eigenvalue weighted by Gasteiger charge is 2.23. The predicted octanol–water partition coefficient (Wildman–Crippen LogP) is 3.56. The Labute approximate surface area is 185 Å². The smallest absolute Gasteiger partial charge is 0.257 e. The van der Waals surface area contributed by atoms with E-state index < -0.39 is 0 Å². The molecular weight excluding hydrogens is 411 g/mol. The molecule has 0 bridgehead atoms. The minimum atomic E-state index is -0.352. The van der Waals surface area contributed by atoms with Crippen LogP contribution in [0.5, 0.6) is 11.5 Å². The first-order valence-electron chi connectivity index (χ1n) is 10.4. The number of rotatable bonds is 7. The summed E-state index contributed by atoms with van der Waals surface area (Å²) in [6, 6.07) is 14.8. The summed E-state index contributed by atoms with van der Waals surface area (Å²) >= 11 is 0. The Morgan fingerprint density at radius 1 is 1.22 bits per heavy atom. The number of aromatic nitrogens is 1. The molecule has 0 spiro atoms. The Morgan fingerprint density at radius 2 is 2.03 bits per heavy atom. The normalized spacial score (nSPS) is 15.6. The van der Waals surface area contributed by atoms with Gasteiger partial charge in [0.05, 0.1) is 12.7 Å². The maximum Gasteiger partial charge on any atom is 0.257 e. The molecule has 1 unspecified atom stereocenters. The largest absolute Gasteiger partial charge is 0.504 e. The van der Waals surface area contributed by atoms with Crippen LogP contribution in [0.4, 0.5) is 15.9 Å². The molecule has 1 aliphatic rings. The van der Waals surface area contributed by atoms with Gasteiger partial charge >= 0.3 is 0 Å². The van der Waals surface area contributed by atoms with Gasteiger partial charge in [0, 0.05) is 37.6 Å². The molecule has 166 valence electrons. The van der Waals surface area contributed by atoms with Crippen LogP contribution in [0.3, 0.4) is 0 Å². The molecule has 1 amide bonds. The number of phenols is 1. The minimum absolute atomic E-state index is 0.129. The van der Waals surface area contributed by atoms with Crippen molar-refractivity contribution in [3.63, 3.8) is 0 Å². The van der Waals surface area contributed by atoms with Gasteiger partial charge in [-0.1, -0.05) is 6.07 Å². The zero-order chi connectivity index (χ0) is 22.5. The molecule has 7 nitrogen and oxygen atoms in total. The predicted molar refractivity (Wildman–Crippen MR) is 121 cm³/mol. The molecule has 8 heteroatoms. The lowest BCUT2D eigenvalue weighted by Gasteiger charge is -2.18. The quantitative estimate of drug-likeness (QED) is 0.525. The molecule has 2 heterocycles. The number of hydrogen-bond acceptors (Lipinski definition) is 6. The van der Waals surface area contributed by atoms with Crippen LogP contribution >= 0.6 is 0 Å². The van der Waals surface area contributed by atoms with Crippen molar-refractivity contribution >= 4 is 17.4 Å². The summed E-state index contributed by atoms with van der Waals surface area (Å²) in [5, 5.41) is 16.0. The first-order valence-corrected chi connectivity index (χ1v) is 10.4. The van der Waals surface area contributed by atoms with Crippen molar-refractivity contribution in [2.45, 2.75) is 19.0 Å². The number of anilines is 2. The fourth-order valence-corrected chi connectivity index (χ4v) is 3.67. The number of hydrogen-bond donors (Lipinski definition) is 3. The van der Waals surface area contributed by atoms with Crippen molar-refractivity contribution in [2.24, 2.45) is 0 Å². The number of carbonyl (C=O) groups is 1. The summed E-state index contributed by atoms with van der Waals surface area (Å²) in [7, 11) is 1.53. The van der Waals surface area contributed by atoms with Crippen LogP contribution in [0, 0.1) is 5.82 Å². The summed E-state index contributed by atoms with van der Waals surface area (Å²) in [6.45, 7) is 2.35. The molecule has 1 aromatic heterocycles. The number of pyridine rings is 1. The van der Waals surface area contributed by atoms with Gasteiger partial charge in [0.1, 0.15) is 11.6 Å². The van der Waals surface area contributed by atoms with Crippen LogP contribution in [0.25, 0.3) is 0 Å². The molecule has 1 aliphatic heterocycles. The third kappa shape index (κ3) is 5.15. The summed E-state index contributed by atoms with van der Waals surface area (Å²) in [5.41, 5.74) is 2.00. The van der Waals surface area contributed by atoms with Crippen molar-refractivity contribution in [1.29, 1.82) is 0 Å². The average Bonchev–Trinajstić information content (AvgIpc) is 3.29. The number of nitrogens with zero attached hydrogens (tertiary/aromatic N) is 2. The molecule has 0 aliphatic carbocycles. The van der Waals surface area contributed by atoms with Gasteiger partial charge in [0.2, 0.25) is 0 Å². The zero-order valence-electron chi connectivity index (χ0n) is 17.7. The Morgan fingerprint density at radius 3 is 2.75 bits per heavy atom. The molecule has 0 saturated carbocycles. The third-order valence-corrected chi connectivity index (χ3v) is 5.46. The van der Waals surface area contributed by atoms with Crippen LogP contribution in [-0.2, 0) is 6.54 Å². The molecule has 2 aromatic carbocycles. The van der Waals surface area contributed by atoms with E-state index in [-0.39, 0.29) is 17.5 Å². The van der Waals surface area contributed by atoms with E-state index in [1.54, 1.807) is 18.3 Å². The molecule has 1 saturated heterocycles. The van der Waals surface area contributed by atoms with Gasteiger partial charge in [-0.05, 0) is 60.5 Å². The number of nitrogens with one attached hydrogen (secondary N) is 2. The van der Waals surface area contributed by atoms with E-state index in [2.05, 4.69) is 20.5 Å². The Kier molecular flexibility index (Phi) is 6.51. The molecule has 1 fully saturated rings. The monoisotopic (exact) mass is 436 g/mol. The first-order chi connectivity index (χ1) is 15.5. The van der Waals surface area contributed by atoms with E-state index in [4.69, 9.17) is 4.74 Å². The standard InChI is InChI=1S/C24H25FN4O3/c1-32-22-12-16(2-8-21(22)30)13-26-20-10-11-29(15-20)23-9-3-17(14-27-23)24(31)28-19-6-4-18(25)5-7-19/h2-9,12,14,20,26,30H,10-11,13,15H2,1H3,(H,28,31). The number of amides is 1. The topological polar surface area (TPSA) is 86.7 Å². The molecule has 0 radical (unpaired) electrons. The number of aromatic hydroxyl groups is 1. The third-order valence-electron chi connectivity index (χ3n) is 5.46. The van der Waals surface area contributed by atoms with Crippen LogP contribution in [0.1, 0.15) is 22.3 Å². The van der Waals surface area contributed by atoms with Gasteiger partial charge in [0.15, 0.2) is 11.5 Å². The van der Waals surface area contributed by atoms with Gasteiger partial charge in [-0.3, -0.25) is 4.79 Å². The van der Waals surface area contributed by atoms with E-state index in [9.17, 15) is 14.3 Å². The van der Waals surface area contributed by atoms with Crippen molar-refractivity contribution in [3.05, 3.63) is 77.7 Å². The van der Waals surface area contributed by atoms with Crippen molar-refractivity contribution < 1.29 is 19.0 Å². The average molecular weight is 436 g/mol. The van der Waals surface area contributed by atoms with Gasteiger partial charge in [-0.2, -0.15) is 0 Å². The lowest BCUT2D eigenvalue weighted by Crippen LogP contribution is -2.32. The Balaban J connectivity index is 1.30. The van der Waals surface area contributed by atoms with Gasteiger partial charge in [-0.15, -0.1) is 0 Å². The second-order valence-corrected chi connectivity index (χ2v) is 7.68. The van der Waals surface area contributed by atoms with E-state index >= 15 is 0 Å². The first kappa shape index (κ1) is 21.6. The van der Waals surface area contributed by atoms with E-state index in [1.807, 2.05) is 18.2 Å². The van der Waals surface area contributed by atoms with Crippen molar-refractivity contribution in [1.82, 2.24) is 10.3 Å². The number of methoxy groups -OCH3 is 1. The van der Waals surface area contributed by atoms with Crippen LogP contribution in [0.15, 0.2) is 60.8 Å². The maximum absolute atomic E-state index is 13.0. The Bertz CT molecular complexity index is 1070. The van der Waals surface area contributed by atoms with Crippen LogP contribution < -0.4 is 20.3 Å². The number of ether oxygens (including phenoxy) is 1. The molecule has 3 aromatic rings. The Hall–Kier alpha value is -3.65. The molecule has 1 atom stereocenters. The van der Waals surface area contributed by atoms with E-state index in [0.717, 1.165) is 30.9 Å².